The molecular formula is C46H84N2. The largest absolute Gasteiger partial charge is 0.332 e. The number of imidazole rings is 1. The van der Waals surface area contributed by atoms with Gasteiger partial charge in [-0.3, -0.25) is 0 Å². The van der Waals surface area contributed by atoms with Crippen molar-refractivity contribution in [1.29, 1.82) is 0 Å². The lowest BCUT2D eigenvalue weighted by atomic mass is 9.74. The lowest BCUT2D eigenvalue weighted by Crippen LogP contribution is -2.25. The maximum atomic E-state index is 4.92. The molecule has 0 radical (unpaired) electrons. The second-order valence-corrected chi connectivity index (χ2v) is 16.1. The molecule has 0 amide bonds. The molecule has 2 rings (SSSR count). The molecule has 0 bridgehead atoms. The first-order chi connectivity index (χ1) is 23.7. The monoisotopic (exact) mass is 665 g/mol. The zero-order valence-corrected chi connectivity index (χ0v) is 33.0. The van der Waals surface area contributed by atoms with Gasteiger partial charge in [0.15, 0.2) is 0 Å². The van der Waals surface area contributed by atoms with Crippen LogP contribution in [0.4, 0.5) is 0 Å². The fourth-order valence-electron chi connectivity index (χ4n) is 8.11. The van der Waals surface area contributed by atoms with Gasteiger partial charge in [-0.05, 0) is 31.6 Å². The fourth-order valence-corrected chi connectivity index (χ4v) is 8.11. The van der Waals surface area contributed by atoms with E-state index in [0.29, 0.717) is 6.04 Å². The van der Waals surface area contributed by atoms with Gasteiger partial charge in [-0.2, -0.15) is 0 Å². The van der Waals surface area contributed by atoms with E-state index in [1.165, 1.54) is 218 Å². The van der Waals surface area contributed by atoms with Crippen molar-refractivity contribution in [3.8, 4) is 0 Å². The number of aromatic nitrogens is 2. The highest BCUT2D eigenvalue weighted by Gasteiger charge is 2.29. The molecule has 1 aromatic heterocycles. The third-order valence-electron chi connectivity index (χ3n) is 11.5. The highest BCUT2D eigenvalue weighted by molar-refractivity contribution is 5.19. The topological polar surface area (TPSA) is 17.8 Å². The first-order valence-electron chi connectivity index (χ1n) is 22.1. The average Bonchev–Trinajstić information content (AvgIpc) is 3.56. The molecule has 0 N–H and O–H groups in total. The van der Waals surface area contributed by atoms with Crippen molar-refractivity contribution >= 4 is 0 Å². The summed E-state index contributed by atoms with van der Waals surface area (Å²) in [4.78, 5) is 4.92. The summed E-state index contributed by atoms with van der Waals surface area (Å²) in [6.07, 6.45) is 61.7. The summed E-state index contributed by atoms with van der Waals surface area (Å²) in [7, 11) is 0. The van der Waals surface area contributed by atoms with Gasteiger partial charge in [0.2, 0.25) is 0 Å². The third kappa shape index (κ3) is 21.7. The molecule has 0 spiro atoms. The Balaban J connectivity index is 1.53. The van der Waals surface area contributed by atoms with Crippen LogP contribution in [0.1, 0.15) is 245 Å². The standard InChI is InChI=1S/C46H84N2/c1-4-6-8-10-12-14-16-18-20-22-24-26-28-30-33-37-44(3)48-42-41-47-45(48)43-46(39-35-32-36-40-46)38-34-31-29-27-25-23-21-19-17-15-13-11-9-7-5-2/h32,35-36,39,41-42,44H,4-31,33-34,37-38,40,43H2,1-3H3. The normalized spacial score (nSPS) is 16.6. The number of hydrogen-bond acceptors (Lipinski definition) is 1. The van der Waals surface area contributed by atoms with Crippen LogP contribution in [-0.4, -0.2) is 9.55 Å². The van der Waals surface area contributed by atoms with Gasteiger partial charge in [0.05, 0.1) is 0 Å². The van der Waals surface area contributed by atoms with E-state index in [-0.39, 0.29) is 5.41 Å². The van der Waals surface area contributed by atoms with Crippen LogP contribution in [0.5, 0.6) is 0 Å². The molecule has 1 aromatic rings. The van der Waals surface area contributed by atoms with Crippen molar-refractivity contribution in [3.63, 3.8) is 0 Å². The van der Waals surface area contributed by atoms with Crippen molar-refractivity contribution < 1.29 is 0 Å². The summed E-state index contributed by atoms with van der Waals surface area (Å²) in [5.41, 5.74) is 0.253. The Hall–Kier alpha value is -1.31. The molecule has 1 heterocycles. The molecule has 278 valence electrons. The first-order valence-corrected chi connectivity index (χ1v) is 22.1. The summed E-state index contributed by atoms with van der Waals surface area (Å²) in [6.45, 7) is 7.04. The minimum Gasteiger partial charge on any atom is -0.332 e. The molecule has 0 saturated heterocycles. The zero-order chi connectivity index (χ0) is 34.2. The number of allylic oxidation sites excluding steroid dienone is 4. The molecule has 2 atom stereocenters. The summed E-state index contributed by atoms with van der Waals surface area (Å²) in [5.74, 6) is 1.31. The molecule has 1 aliphatic rings. The lowest BCUT2D eigenvalue weighted by molar-refractivity contribution is 0.315. The van der Waals surface area contributed by atoms with Gasteiger partial charge in [0.1, 0.15) is 5.82 Å². The van der Waals surface area contributed by atoms with Gasteiger partial charge in [-0.1, -0.05) is 231 Å². The molecule has 0 aliphatic heterocycles. The third-order valence-corrected chi connectivity index (χ3v) is 11.5. The van der Waals surface area contributed by atoms with Gasteiger partial charge in [-0.15, -0.1) is 0 Å². The predicted molar refractivity (Wildman–Crippen MR) is 215 cm³/mol. The average molecular weight is 665 g/mol. The van der Waals surface area contributed by atoms with E-state index in [0.717, 1.165) is 6.42 Å². The molecule has 0 aromatic carbocycles. The molecule has 2 unspecified atom stereocenters. The molecule has 2 nitrogen and oxygen atoms in total. The smallest absolute Gasteiger partial charge is 0.109 e. The maximum Gasteiger partial charge on any atom is 0.109 e. The van der Waals surface area contributed by atoms with E-state index in [2.05, 4.69) is 62.0 Å². The van der Waals surface area contributed by atoms with Crippen molar-refractivity contribution in [2.75, 3.05) is 0 Å². The van der Waals surface area contributed by atoms with Crippen molar-refractivity contribution in [2.45, 2.75) is 245 Å². The summed E-state index contributed by atoms with van der Waals surface area (Å²) in [5, 5.41) is 0. The Morgan fingerprint density at radius 3 is 1.40 bits per heavy atom. The fraction of sp³-hybridized carbons (Fsp3) is 0.848. The van der Waals surface area contributed by atoms with Gasteiger partial charge < -0.3 is 4.57 Å². The van der Waals surface area contributed by atoms with E-state index in [4.69, 9.17) is 4.98 Å². The Morgan fingerprint density at radius 1 is 0.562 bits per heavy atom. The van der Waals surface area contributed by atoms with E-state index < -0.39 is 0 Å². The Kier molecular flexibility index (Phi) is 27.2. The molecule has 2 heteroatoms. The van der Waals surface area contributed by atoms with Crippen LogP contribution in [0.15, 0.2) is 36.7 Å². The predicted octanol–water partition coefficient (Wildman–Crippen LogP) is 16.0. The summed E-state index contributed by atoms with van der Waals surface area (Å²) in [6, 6.07) is 0.551. The van der Waals surface area contributed by atoms with E-state index in [9.17, 15) is 0 Å². The molecule has 48 heavy (non-hydrogen) atoms. The highest BCUT2D eigenvalue weighted by Crippen LogP contribution is 2.38. The van der Waals surface area contributed by atoms with Crippen LogP contribution in [0.25, 0.3) is 0 Å². The van der Waals surface area contributed by atoms with Crippen LogP contribution in [0, 0.1) is 5.41 Å². The van der Waals surface area contributed by atoms with E-state index in [1.807, 2.05) is 0 Å². The van der Waals surface area contributed by atoms with Crippen LogP contribution in [0.2, 0.25) is 0 Å². The summed E-state index contributed by atoms with van der Waals surface area (Å²) < 4.78 is 2.52. The molecule has 1 aliphatic carbocycles. The number of hydrogen-bond donors (Lipinski definition) is 0. The van der Waals surface area contributed by atoms with Gasteiger partial charge in [-0.25, -0.2) is 4.98 Å². The Morgan fingerprint density at radius 2 is 0.979 bits per heavy atom. The maximum absolute atomic E-state index is 4.92. The van der Waals surface area contributed by atoms with E-state index >= 15 is 0 Å². The first kappa shape index (κ1) is 42.9. The summed E-state index contributed by atoms with van der Waals surface area (Å²) >= 11 is 0. The number of rotatable bonds is 35. The van der Waals surface area contributed by atoms with E-state index in [1.54, 1.807) is 0 Å². The quantitative estimate of drug-likeness (QED) is 0.0660. The molecule has 0 saturated carbocycles. The minimum atomic E-state index is 0.253. The SMILES string of the molecule is CCCCCCCCCCCCCCCCCC(C)n1ccnc1CC1(CCCCCCCCCCCCCCCCC)C=CC=CC1. The van der Waals surface area contributed by atoms with Gasteiger partial charge in [0.25, 0.3) is 0 Å². The van der Waals surface area contributed by atoms with Crippen molar-refractivity contribution in [3.05, 3.63) is 42.5 Å². The Labute approximate surface area is 301 Å². The Bertz CT molecular complexity index is 880. The second kappa shape index (κ2) is 30.5. The lowest BCUT2D eigenvalue weighted by Gasteiger charge is -2.32. The zero-order valence-electron chi connectivity index (χ0n) is 33.0. The van der Waals surface area contributed by atoms with Crippen LogP contribution in [-0.2, 0) is 6.42 Å². The number of unbranched alkanes of at least 4 members (excludes halogenated alkanes) is 28. The minimum absolute atomic E-state index is 0.253. The van der Waals surface area contributed by atoms with Gasteiger partial charge >= 0.3 is 0 Å². The van der Waals surface area contributed by atoms with Crippen molar-refractivity contribution in [1.82, 2.24) is 9.55 Å². The van der Waals surface area contributed by atoms with Gasteiger partial charge in [0, 0.05) is 24.9 Å². The van der Waals surface area contributed by atoms with Crippen LogP contribution < -0.4 is 0 Å². The van der Waals surface area contributed by atoms with Crippen LogP contribution in [0.3, 0.4) is 0 Å². The highest BCUT2D eigenvalue weighted by atomic mass is 15.1. The van der Waals surface area contributed by atoms with Crippen molar-refractivity contribution in [2.24, 2.45) is 5.41 Å². The van der Waals surface area contributed by atoms with Crippen LogP contribution >= 0.6 is 0 Å². The molecule has 0 fully saturated rings. The molecular weight excluding hydrogens is 581 g/mol. The number of nitrogens with zero attached hydrogens (tertiary/aromatic N) is 2. The second-order valence-electron chi connectivity index (χ2n) is 16.1.